The van der Waals surface area contributed by atoms with E-state index in [-0.39, 0.29) is 36.7 Å². The Bertz CT molecular complexity index is 665. The molecule has 1 fully saturated rings. The predicted molar refractivity (Wildman–Crippen MR) is 97.9 cm³/mol. The maximum Gasteiger partial charge on any atom is 0.573 e. The fraction of sp³-hybridized carbons (Fsp3) is 0.579. The van der Waals surface area contributed by atoms with Gasteiger partial charge in [0.1, 0.15) is 5.75 Å². The van der Waals surface area contributed by atoms with Gasteiger partial charge in [-0.2, -0.15) is 0 Å². The van der Waals surface area contributed by atoms with E-state index in [1.54, 1.807) is 7.05 Å². The normalized spacial score (nSPS) is 20.9. The summed E-state index contributed by atoms with van der Waals surface area (Å²) in [6.07, 6.45) is -0.342. The first-order valence-electron chi connectivity index (χ1n) is 9.38. The van der Waals surface area contributed by atoms with Crippen molar-refractivity contribution in [1.82, 2.24) is 5.32 Å². The Morgan fingerprint density at radius 1 is 1.11 bits per heavy atom. The topological polar surface area (TPSA) is 71.9 Å². The molecule has 0 aliphatic heterocycles. The van der Waals surface area contributed by atoms with E-state index in [0.29, 0.717) is 11.6 Å². The largest absolute Gasteiger partial charge is 0.573 e. The summed E-state index contributed by atoms with van der Waals surface area (Å²) in [5, 5.41) is 5.65. The molecule has 6 nitrogen and oxygen atoms in total. The molecule has 3 N–H and O–H groups in total. The third kappa shape index (κ3) is 7.75. The van der Waals surface area contributed by atoms with Gasteiger partial charge in [0, 0.05) is 11.7 Å². The number of carbonyl (C=O) groups excluding carboxylic acids is 2. The summed E-state index contributed by atoms with van der Waals surface area (Å²) in [5.74, 6) is -0.314. The average molecular weight is 402 g/mol. The third-order valence-electron chi connectivity index (χ3n) is 4.75. The van der Waals surface area contributed by atoms with Crippen molar-refractivity contribution < 1.29 is 32.4 Å². The smallest absolute Gasteiger partial charge is 0.406 e. The second-order valence-electron chi connectivity index (χ2n) is 7.37. The predicted octanol–water partition coefficient (Wildman–Crippen LogP) is 1.73. The van der Waals surface area contributed by atoms with Gasteiger partial charge in [0.05, 0.1) is 7.05 Å². The Labute approximate surface area is 162 Å². The summed E-state index contributed by atoms with van der Waals surface area (Å²) in [6.45, 7) is 2.38. The van der Waals surface area contributed by atoms with Crippen molar-refractivity contribution in [3.63, 3.8) is 0 Å². The van der Waals surface area contributed by atoms with E-state index in [1.807, 2.05) is 0 Å². The highest BCUT2D eigenvalue weighted by atomic mass is 19.4. The van der Waals surface area contributed by atoms with Gasteiger partial charge >= 0.3 is 6.36 Å². The number of anilines is 1. The molecule has 0 saturated heterocycles. The monoisotopic (exact) mass is 402 g/mol. The number of rotatable bonds is 7. The number of amides is 2. The van der Waals surface area contributed by atoms with Crippen molar-refractivity contribution in [3.8, 4) is 5.75 Å². The molecule has 2 amide bonds. The zero-order chi connectivity index (χ0) is 20.7. The summed E-state index contributed by atoms with van der Waals surface area (Å²) in [7, 11) is 1.74. The van der Waals surface area contributed by atoms with Crippen molar-refractivity contribution in [1.29, 1.82) is 0 Å². The Balaban J connectivity index is 1.75. The van der Waals surface area contributed by atoms with Gasteiger partial charge in [0.15, 0.2) is 13.1 Å². The van der Waals surface area contributed by atoms with Crippen LogP contribution in [0.3, 0.4) is 0 Å². The summed E-state index contributed by atoms with van der Waals surface area (Å²) in [4.78, 5) is 25.0. The summed E-state index contributed by atoms with van der Waals surface area (Å²) < 4.78 is 40.2. The second kappa shape index (κ2) is 9.77. The van der Waals surface area contributed by atoms with Crippen LogP contribution in [0.4, 0.5) is 18.9 Å². The van der Waals surface area contributed by atoms with Crippen LogP contribution in [0.25, 0.3) is 0 Å². The molecule has 1 saturated carbocycles. The lowest BCUT2D eigenvalue weighted by Gasteiger charge is -2.29. The van der Waals surface area contributed by atoms with Crippen molar-refractivity contribution in [2.24, 2.45) is 5.92 Å². The molecule has 1 aromatic rings. The average Bonchev–Trinajstić information content (AvgIpc) is 2.57. The van der Waals surface area contributed by atoms with Crippen molar-refractivity contribution >= 4 is 17.5 Å². The standard InChI is InChI=1S/C19H26F3N3O3/c1-13-5-3-4-6-16(13)24-18(27)12-25(2)11-17(26)23-14-7-9-15(10-8-14)28-19(20,21)22/h7-10,13,16H,3-6,11-12H2,1-2H3,(H,23,26)(H,24,27)/p+1/t13-,16+/m0/s1. The molecule has 156 valence electrons. The maximum absolute atomic E-state index is 12.2. The van der Waals surface area contributed by atoms with E-state index in [0.717, 1.165) is 36.3 Å². The van der Waals surface area contributed by atoms with Crippen LogP contribution in [0.15, 0.2) is 24.3 Å². The van der Waals surface area contributed by atoms with Gasteiger partial charge in [0.25, 0.3) is 11.8 Å². The first kappa shape index (κ1) is 22.0. The minimum absolute atomic E-state index is 0.0639. The van der Waals surface area contributed by atoms with E-state index in [2.05, 4.69) is 22.3 Å². The lowest BCUT2D eigenvalue weighted by atomic mass is 9.86. The SMILES string of the molecule is C[C@H]1CCCC[C@H]1NC(=O)C[NH+](C)CC(=O)Nc1ccc(OC(F)(F)F)cc1. The van der Waals surface area contributed by atoms with E-state index >= 15 is 0 Å². The van der Waals surface area contributed by atoms with Crippen molar-refractivity contribution in [3.05, 3.63) is 24.3 Å². The maximum atomic E-state index is 12.2. The zero-order valence-electron chi connectivity index (χ0n) is 16.1. The van der Waals surface area contributed by atoms with Gasteiger partial charge < -0.3 is 20.3 Å². The second-order valence-corrected chi connectivity index (χ2v) is 7.37. The van der Waals surface area contributed by atoms with Crippen LogP contribution in [-0.2, 0) is 9.59 Å². The van der Waals surface area contributed by atoms with Crippen LogP contribution in [0.5, 0.6) is 5.75 Å². The molecule has 3 atom stereocenters. The molecule has 0 spiro atoms. The van der Waals surface area contributed by atoms with Crippen molar-refractivity contribution in [2.45, 2.75) is 45.0 Å². The Morgan fingerprint density at radius 2 is 1.71 bits per heavy atom. The molecule has 0 bridgehead atoms. The number of nitrogens with one attached hydrogen (secondary N) is 3. The molecule has 0 aromatic heterocycles. The number of benzene rings is 1. The number of hydrogen-bond donors (Lipinski definition) is 3. The third-order valence-corrected chi connectivity index (χ3v) is 4.75. The van der Waals surface area contributed by atoms with E-state index in [9.17, 15) is 22.8 Å². The van der Waals surface area contributed by atoms with Crippen LogP contribution in [0.1, 0.15) is 32.6 Å². The van der Waals surface area contributed by atoms with E-state index < -0.39 is 6.36 Å². The van der Waals surface area contributed by atoms with Crippen LogP contribution < -0.4 is 20.3 Å². The van der Waals surface area contributed by atoms with Crippen LogP contribution in [0.2, 0.25) is 0 Å². The van der Waals surface area contributed by atoms with E-state index in [1.165, 1.54) is 18.6 Å². The molecular weight excluding hydrogens is 375 g/mol. The van der Waals surface area contributed by atoms with Gasteiger partial charge in [-0.1, -0.05) is 19.8 Å². The summed E-state index contributed by atoms with van der Waals surface area (Å²) in [6, 6.07) is 5.09. The number of alkyl halides is 3. The quantitative estimate of drug-likeness (QED) is 0.651. The number of halogens is 3. The molecule has 9 heteroatoms. The van der Waals surface area contributed by atoms with Gasteiger partial charge in [-0.15, -0.1) is 13.2 Å². The van der Waals surface area contributed by atoms with Gasteiger partial charge in [-0.25, -0.2) is 0 Å². The molecule has 0 heterocycles. The molecular formula is C19H27F3N3O3+. The van der Waals surface area contributed by atoms with Crippen LogP contribution in [0, 0.1) is 5.92 Å². The minimum Gasteiger partial charge on any atom is -0.406 e. The highest BCUT2D eigenvalue weighted by Gasteiger charge is 2.31. The molecule has 0 radical (unpaired) electrons. The summed E-state index contributed by atoms with van der Waals surface area (Å²) in [5.41, 5.74) is 0.354. The number of likely N-dealkylation sites (N-methyl/N-ethyl adjacent to an activating group) is 1. The number of ether oxygens (including phenoxy) is 1. The Kier molecular flexibility index (Phi) is 7.68. The van der Waals surface area contributed by atoms with Gasteiger partial charge in [-0.3, -0.25) is 9.59 Å². The fourth-order valence-corrected chi connectivity index (χ4v) is 3.34. The number of quaternary nitrogens is 1. The van der Waals surface area contributed by atoms with E-state index in [4.69, 9.17) is 0 Å². The number of hydrogen-bond acceptors (Lipinski definition) is 3. The van der Waals surface area contributed by atoms with Gasteiger partial charge in [-0.05, 0) is 43.0 Å². The molecule has 1 aliphatic carbocycles. The fourth-order valence-electron chi connectivity index (χ4n) is 3.34. The first-order valence-corrected chi connectivity index (χ1v) is 9.38. The highest BCUT2D eigenvalue weighted by molar-refractivity contribution is 5.91. The molecule has 1 aromatic carbocycles. The van der Waals surface area contributed by atoms with Gasteiger partial charge in [0.2, 0.25) is 0 Å². The molecule has 2 rings (SSSR count). The zero-order valence-corrected chi connectivity index (χ0v) is 16.1. The molecule has 1 unspecified atom stereocenters. The van der Waals surface area contributed by atoms with Crippen LogP contribution in [-0.4, -0.2) is 44.4 Å². The highest BCUT2D eigenvalue weighted by Crippen LogP contribution is 2.24. The lowest BCUT2D eigenvalue weighted by Crippen LogP contribution is -3.11. The molecule has 1 aliphatic rings. The minimum atomic E-state index is -4.76. The molecule has 28 heavy (non-hydrogen) atoms. The number of carbonyl (C=O) groups is 2. The van der Waals surface area contributed by atoms with Crippen molar-refractivity contribution in [2.75, 3.05) is 25.5 Å². The first-order chi connectivity index (χ1) is 13.1. The lowest BCUT2D eigenvalue weighted by molar-refractivity contribution is -0.862. The Morgan fingerprint density at radius 3 is 2.32 bits per heavy atom. The Hall–Kier alpha value is -2.29. The summed E-state index contributed by atoms with van der Waals surface area (Å²) >= 11 is 0. The van der Waals surface area contributed by atoms with Crippen LogP contribution >= 0.6 is 0 Å².